The van der Waals surface area contributed by atoms with Crippen molar-refractivity contribution >= 4 is 27.4 Å². The first-order chi connectivity index (χ1) is 9.07. The normalized spacial score (nSPS) is 11.2. The van der Waals surface area contributed by atoms with Crippen molar-refractivity contribution < 1.29 is 8.42 Å². The molecule has 19 heavy (non-hydrogen) atoms. The predicted molar refractivity (Wildman–Crippen MR) is 74.6 cm³/mol. The van der Waals surface area contributed by atoms with E-state index in [2.05, 4.69) is 14.7 Å². The molecule has 0 saturated carbocycles. The molecule has 0 amide bonds. The van der Waals surface area contributed by atoms with Gasteiger partial charge in [-0.1, -0.05) is 11.6 Å². The summed E-state index contributed by atoms with van der Waals surface area (Å²) in [6, 6.07) is 6.78. The van der Waals surface area contributed by atoms with Crippen molar-refractivity contribution in [1.29, 1.82) is 0 Å². The zero-order chi connectivity index (χ0) is 13.7. The van der Waals surface area contributed by atoms with Crippen LogP contribution in [0.5, 0.6) is 0 Å². The van der Waals surface area contributed by atoms with Gasteiger partial charge in [0.25, 0.3) is 0 Å². The molecule has 2 rings (SSSR count). The van der Waals surface area contributed by atoms with Gasteiger partial charge in [0.1, 0.15) is 0 Å². The van der Waals surface area contributed by atoms with Crippen LogP contribution in [-0.2, 0) is 16.4 Å². The number of aromatic nitrogens is 2. The lowest BCUT2D eigenvalue weighted by Gasteiger charge is -2.08. The Bertz CT molecular complexity index is 647. The topological polar surface area (TPSA) is 72.0 Å². The molecule has 7 heteroatoms. The van der Waals surface area contributed by atoms with Crippen molar-refractivity contribution in [3.05, 3.63) is 53.4 Å². The first-order valence-electron chi connectivity index (χ1n) is 5.57. The third-order valence-electron chi connectivity index (χ3n) is 2.42. The smallest absolute Gasteiger partial charge is 0.234 e. The van der Waals surface area contributed by atoms with Crippen molar-refractivity contribution in [3.8, 4) is 0 Å². The standard InChI is InChI=1S/C12H12ClN3O2S/c13-11-2-1-6-15-12(11)16-19(17,18)9-5-10-3-7-14-8-4-10/h1-4,6-8H,5,9H2,(H,15,16). The van der Waals surface area contributed by atoms with Gasteiger partial charge in [0.15, 0.2) is 5.82 Å². The lowest BCUT2D eigenvalue weighted by Crippen LogP contribution is -2.19. The number of nitrogens with one attached hydrogen (secondary N) is 1. The molecule has 5 nitrogen and oxygen atoms in total. The van der Waals surface area contributed by atoms with E-state index in [0.29, 0.717) is 6.42 Å². The quantitative estimate of drug-likeness (QED) is 0.917. The van der Waals surface area contributed by atoms with Gasteiger partial charge in [-0.05, 0) is 36.2 Å². The fraction of sp³-hybridized carbons (Fsp3) is 0.167. The number of rotatable bonds is 5. The van der Waals surface area contributed by atoms with Gasteiger partial charge in [0.2, 0.25) is 10.0 Å². The Morgan fingerprint density at radius 1 is 1.16 bits per heavy atom. The third-order valence-corrected chi connectivity index (χ3v) is 3.97. The molecule has 0 radical (unpaired) electrons. The Labute approximate surface area is 116 Å². The molecule has 0 atom stereocenters. The highest BCUT2D eigenvalue weighted by molar-refractivity contribution is 7.92. The fourth-order valence-electron chi connectivity index (χ4n) is 1.46. The van der Waals surface area contributed by atoms with E-state index in [-0.39, 0.29) is 16.6 Å². The number of hydrogen-bond acceptors (Lipinski definition) is 4. The molecule has 1 N–H and O–H groups in total. The van der Waals surface area contributed by atoms with Crippen LogP contribution in [0.4, 0.5) is 5.82 Å². The van der Waals surface area contributed by atoms with Gasteiger partial charge in [0, 0.05) is 18.6 Å². The van der Waals surface area contributed by atoms with Crippen molar-refractivity contribution in [1.82, 2.24) is 9.97 Å². The van der Waals surface area contributed by atoms with Crippen LogP contribution in [0.1, 0.15) is 5.56 Å². The number of anilines is 1. The van der Waals surface area contributed by atoms with Crippen LogP contribution in [-0.4, -0.2) is 24.1 Å². The number of halogens is 1. The molecule has 0 bridgehead atoms. The molecular weight excluding hydrogens is 286 g/mol. The molecular formula is C12H12ClN3O2S. The fourth-order valence-corrected chi connectivity index (χ4v) is 2.75. The van der Waals surface area contributed by atoms with E-state index in [1.807, 2.05) is 0 Å². The third kappa shape index (κ3) is 4.18. The highest BCUT2D eigenvalue weighted by atomic mass is 35.5. The molecule has 0 aliphatic carbocycles. The number of hydrogen-bond donors (Lipinski definition) is 1. The molecule has 2 aromatic rings. The summed E-state index contributed by atoms with van der Waals surface area (Å²) >= 11 is 5.85. The monoisotopic (exact) mass is 297 g/mol. The lowest BCUT2D eigenvalue weighted by molar-refractivity contribution is 0.600. The molecule has 0 spiro atoms. The predicted octanol–water partition coefficient (Wildman–Crippen LogP) is 2.11. The maximum Gasteiger partial charge on any atom is 0.234 e. The van der Waals surface area contributed by atoms with Crippen LogP contribution < -0.4 is 4.72 Å². The van der Waals surface area contributed by atoms with E-state index in [4.69, 9.17) is 11.6 Å². The van der Waals surface area contributed by atoms with E-state index in [0.717, 1.165) is 5.56 Å². The first kappa shape index (κ1) is 13.8. The Balaban J connectivity index is 2.02. The minimum absolute atomic E-state index is 0.0378. The minimum Gasteiger partial charge on any atom is -0.266 e. The van der Waals surface area contributed by atoms with Crippen molar-refractivity contribution in [3.63, 3.8) is 0 Å². The summed E-state index contributed by atoms with van der Waals surface area (Å²) in [5, 5.41) is 0.273. The molecule has 0 aliphatic rings. The van der Waals surface area contributed by atoms with Crippen LogP contribution >= 0.6 is 11.6 Å². The summed E-state index contributed by atoms with van der Waals surface area (Å²) in [7, 11) is -3.47. The van der Waals surface area contributed by atoms with Gasteiger partial charge >= 0.3 is 0 Å². The number of aryl methyl sites for hydroxylation is 1. The van der Waals surface area contributed by atoms with E-state index in [9.17, 15) is 8.42 Å². The summed E-state index contributed by atoms with van der Waals surface area (Å²) in [4.78, 5) is 7.76. The highest BCUT2D eigenvalue weighted by Crippen LogP contribution is 2.18. The lowest BCUT2D eigenvalue weighted by atomic mass is 10.2. The second-order valence-corrected chi connectivity index (χ2v) is 6.11. The van der Waals surface area contributed by atoms with Crippen LogP contribution in [0, 0.1) is 0 Å². The van der Waals surface area contributed by atoms with Crippen LogP contribution in [0.25, 0.3) is 0 Å². The molecule has 2 aromatic heterocycles. The number of pyridine rings is 2. The van der Waals surface area contributed by atoms with Crippen molar-refractivity contribution in [2.45, 2.75) is 6.42 Å². The van der Waals surface area contributed by atoms with E-state index < -0.39 is 10.0 Å². The zero-order valence-corrected chi connectivity index (χ0v) is 11.5. The Morgan fingerprint density at radius 3 is 2.58 bits per heavy atom. The maximum absolute atomic E-state index is 11.9. The van der Waals surface area contributed by atoms with E-state index in [1.165, 1.54) is 6.20 Å². The average molecular weight is 298 g/mol. The van der Waals surface area contributed by atoms with Gasteiger partial charge in [-0.3, -0.25) is 9.71 Å². The number of nitrogens with zero attached hydrogens (tertiary/aromatic N) is 2. The Morgan fingerprint density at radius 2 is 1.89 bits per heavy atom. The summed E-state index contributed by atoms with van der Waals surface area (Å²) < 4.78 is 26.2. The van der Waals surface area contributed by atoms with Crippen molar-refractivity contribution in [2.24, 2.45) is 0 Å². The summed E-state index contributed by atoms with van der Waals surface area (Å²) in [5.41, 5.74) is 0.910. The summed E-state index contributed by atoms with van der Waals surface area (Å²) in [6.45, 7) is 0. The van der Waals surface area contributed by atoms with Crippen LogP contribution in [0.3, 0.4) is 0 Å². The van der Waals surface area contributed by atoms with Crippen LogP contribution in [0.15, 0.2) is 42.9 Å². The molecule has 2 heterocycles. The zero-order valence-electron chi connectivity index (χ0n) is 9.95. The maximum atomic E-state index is 11.9. The minimum atomic E-state index is -3.47. The first-order valence-corrected chi connectivity index (χ1v) is 7.60. The van der Waals surface area contributed by atoms with Gasteiger partial charge in [-0.15, -0.1) is 0 Å². The van der Waals surface area contributed by atoms with Gasteiger partial charge in [0.05, 0.1) is 10.8 Å². The SMILES string of the molecule is O=S(=O)(CCc1ccncc1)Nc1ncccc1Cl. The highest BCUT2D eigenvalue weighted by Gasteiger charge is 2.13. The Kier molecular flexibility index (Phi) is 4.34. The number of sulfonamides is 1. The molecule has 0 unspecified atom stereocenters. The summed E-state index contributed by atoms with van der Waals surface area (Å²) in [6.07, 6.45) is 5.14. The molecule has 0 aromatic carbocycles. The van der Waals surface area contributed by atoms with Crippen molar-refractivity contribution in [2.75, 3.05) is 10.5 Å². The summed E-state index contributed by atoms with van der Waals surface area (Å²) in [5.74, 6) is 0.114. The molecule has 0 saturated heterocycles. The second-order valence-electron chi connectivity index (χ2n) is 3.86. The largest absolute Gasteiger partial charge is 0.266 e. The van der Waals surface area contributed by atoms with E-state index in [1.54, 1.807) is 36.7 Å². The average Bonchev–Trinajstić information content (AvgIpc) is 2.40. The molecule has 100 valence electrons. The Hall–Kier alpha value is -1.66. The molecule has 0 aliphatic heterocycles. The van der Waals surface area contributed by atoms with Gasteiger partial charge in [-0.2, -0.15) is 0 Å². The second kappa shape index (κ2) is 5.99. The van der Waals surface area contributed by atoms with Gasteiger partial charge < -0.3 is 0 Å². The van der Waals surface area contributed by atoms with Gasteiger partial charge in [-0.25, -0.2) is 13.4 Å². The van der Waals surface area contributed by atoms with Crippen LogP contribution in [0.2, 0.25) is 5.02 Å². The molecule has 0 fully saturated rings. The van der Waals surface area contributed by atoms with E-state index >= 15 is 0 Å².